The molecule has 1 atom stereocenters. The fourth-order valence-corrected chi connectivity index (χ4v) is 2.66. The van der Waals surface area contributed by atoms with Crippen LogP contribution in [0.5, 0.6) is 5.75 Å². The molecule has 1 aliphatic rings. The number of alkyl halides is 3. The van der Waals surface area contributed by atoms with Crippen molar-refractivity contribution in [1.82, 2.24) is 10.2 Å². The number of halogens is 4. The SMILES string of the molecule is Cc1cc(F)cc([C@@H](CC(F)(F)F)N2CCNCC2)c1O. The zero-order chi connectivity index (χ0) is 15.6. The number of nitrogens with one attached hydrogen (secondary N) is 1. The first-order valence-corrected chi connectivity index (χ1v) is 6.78. The van der Waals surface area contributed by atoms with Crippen molar-refractivity contribution < 1.29 is 22.7 Å². The number of phenolic OH excluding ortho intramolecular Hbond substituents is 1. The number of phenols is 1. The second-order valence-corrected chi connectivity index (χ2v) is 5.28. The van der Waals surface area contributed by atoms with Gasteiger partial charge in [0.25, 0.3) is 0 Å². The van der Waals surface area contributed by atoms with Gasteiger partial charge in [-0.2, -0.15) is 13.2 Å². The van der Waals surface area contributed by atoms with Gasteiger partial charge in [-0.15, -0.1) is 0 Å². The Kier molecular flexibility index (Phi) is 4.73. The van der Waals surface area contributed by atoms with E-state index in [1.807, 2.05) is 0 Å². The molecule has 1 aromatic carbocycles. The lowest BCUT2D eigenvalue weighted by molar-refractivity contribution is -0.148. The van der Waals surface area contributed by atoms with Gasteiger partial charge in [0, 0.05) is 37.8 Å². The van der Waals surface area contributed by atoms with Crippen LogP contribution >= 0.6 is 0 Å². The van der Waals surface area contributed by atoms with Crippen LogP contribution in [0.25, 0.3) is 0 Å². The highest BCUT2D eigenvalue weighted by molar-refractivity contribution is 5.42. The summed E-state index contributed by atoms with van der Waals surface area (Å²) in [5, 5.41) is 13.1. The quantitative estimate of drug-likeness (QED) is 0.843. The first-order valence-electron chi connectivity index (χ1n) is 6.78. The molecule has 1 aliphatic heterocycles. The van der Waals surface area contributed by atoms with Crippen molar-refractivity contribution in [3.8, 4) is 5.75 Å². The van der Waals surface area contributed by atoms with Gasteiger partial charge in [0.2, 0.25) is 0 Å². The van der Waals surface area contributed by atoms with Gasteiger partial charge in [0.15, 0.2) is 0 Å². The maximum absolute atomic E-state index is 13.5. The summed E-state index contributed by atoms with van der Waals surface area (Å²) in [5.74, 6) is -0.896. The smallest absolute Gasteiger partial charge is 0.390 e. The summed E-state index contributed by atoms with van der Waals surface area (Å²) in [5.41, 5.74) is 0.249. The second kappa shape index (κ2) is 6.19. The molecule has 21 heavy (non-hydrogen) atoms. The molecule has 1 aromatic rings. The Labute approximate surface area is 120 Å². The van der Waals surface area contributed by atoms with E-state index < -0.39 is 24.5 Å². The van der Waals surface area contributed by atoms with Gasteiger partial charge in [-0.25, -0.2) is 4.39 Å². The van der Waals surface area contributed by atoms with E-state index in [0.29, 0.717) is 26.2 Å². The summed E-state index contributed by atoms with van der Waals surface area (Å²) in [6.07, 6.45) is -5.49. The molecule has 0 unspecified atom stereocenters. The molecular weight excluding hydrogens is 288 g/mol. The monoisotopic (exact) mass is 306 g/mol. The Hall–Kier alpha value is -1.34. The largest absolute Gasteiger partial charge is 0.507 e. The molecule has 0 amide bonds. The normalized spacial score (nSPS) is 18.7. The third kappa shape index (κ3) is 4.07. The molecule has 0 saturated carbocycles. The summed E-state index contributed by atoms with van der Waals surface area (Å²) in [6.45, 7) is 3.47. The number of hydrogen-bond donors (Lipinski definition) is 2. The van der Waals surface area contributed by atoms with Crippen LogP contribution in [-0.2, 0) is 0 Å². The van der Waals surface area contributed by atoms with Crippen LogP contribution in [0.3, 0.4) is 0 Å². The average Bonchev–Trinajstić information content (AvgIpc) is 2.40. The molecule has 3 nitrogen and oxygen atoms in total. The Morgan fingerprint density at radius 3 is 2.48 bits per heavy atom. The fraction of sp³-hybridized carbons (Fsp3) is 0.571. The summed E-state index contributed by atoms with van der Waals surface area (Å²) in [6, 6.07) is 1.05. The van der Waals surface area contributed by atoms with Crippen molar-refractivity contribution in [2.45, 2.75) is 25.6 Å². The highest BCUT2D eigenvalue weighted by Gasteiger charge is 2.37. The van der Waals surface area contributed by atoms with Gasteiger partial charge in [-0.05, 0) is 24.6 Å². The Balaban J connectivity index is 2.38. The topological polar surface area (TPSA) is 35.5 Å². The molecule has 1 saturated heterocycles. The third-order valence-electron chi connectivity index (χ3n) is 3.67. The number of aryl methyl sites for hydroxylation is 1. The van der Waals surface area contributed by atoms with Crippen molar-refractivity contribution in [1.29, 1.82) is 0 Å². The minimum absolute atomic E-state index is 0.00623. The van der Waals surface area contributed by atoms with E-state index in [1.54, 1.807) is 4.90 Å². The van der Waals surface area contributed by atoms with Crippen molar-refractivity contribution >= 4 is 0 Å². The Morgan fingerprint density at radius 2 is 1.90 bits per heavy atom. The third-order valence-corrected chi connectivity index (χ3v) is 3.67. The first kappa shape index (κ1) is 16.0. The molecule has 1 fully saturated rings. The fourth-order valence-electron chi connectivity index (χ4n) is 2.66. The number of aromatic hydroxyl groups is 1. The van der Waals surface area contributed by atoms with Gasteiger partial charge in [0.1, 0.15) is 11.6 Å². The summed E-state index contributed by atoms with van der Waals surface area (Å²) >= 11 is 0. The molecule has 7 heteroatoms. The zero-order valence-electron chi connectivity index (χ0n) is 11.7. The van der Waals surface area contributed by atoms with E-state index in [1.165, 1.54) is 6.92 Å². The highest BCUT2D eigenvalue weighted by Crippen LogP contribution is 2.39. The summed E-state index contributed by atoms with van der Waals surface area (Å²) < 4.78 is 52.1. The lowest BCUT2D eigenvalue weighted by Gasteiger charge is -2.36. The molecule has 0 spiro atoms. The average molecular weight is 306 g/mol. The zero-order valence-corrected chi connectivity index (χ0v) is 11.7. The van der Waals surface area contributed by atoms with E-state index in [-0.39, 0.29) is 16.9 Å². The molecule has 2 rings (SSSR count). The molecule has 0 aliphatic carbocycles. The Bertz CT molecular complexity index is 498. The van der Waals surface area contributed by atoms with E-state index in [0.717, 1.165) is 12.1 Å². The van der Waals surface area contributed by atoms with Crippen LogP contribution < -0.4 is 5.32 Å². The molecule has 2 N–H and O–H groups in total. The standard InChI is InChI=1S/C14H18F4N2O/c1-9-6-10(15)7-11(13(9)21)12(8-14(16,17)18)20-4-2-19-3-5-20/h6-7,12,19,21H,2-5,8H2,1H3/t12-/m1/s1. The van der Waals surface area contributed by atoms with Crippen LogP contribution in [0.1, 0.15) is 23.6 Å². The first-order chi connectivity index (χ1) is 9.78. The van der Waals surface area contributed by atoms with Gasteiger partial charge in [-0.3, -0.25) is 4.90 Å². The minimum Gasteiger partial charge on any atom is -0.507 e. The van der Waals surface area contributed by atoms with Gasteiger partial charge < -0.3 is 10.4 Å². The molecule has 0 radical (unpaired) electrons. The van der Waals surface area contributed by atoms with Crippen molar-refractivity contribution in [2.24, 2.45) is 0 Å². The number of piperazine rings is 1. The lowest BCUT2D eigenvalue weighted by Crippen LogP contribution is -2.46. The summed E-state index contributed by atoms with van der Waals surface area (Å²) in [4.78, 5) is 1.64. The summed E-state index contributed by atoms with van der Waals surface area (Å²) in [7, 11) is 0. The van der Waals surface area contributed by atoms with Crippen LogP contribution in [-0.4, -0.2) is 42.4 Å². The van der Waals surface area contributed by atoms with Crippen molar-refractivity contribution in [2.75, 3.05) is 26.2 Å². The number of hydrogen-bond acceptors (Lipinski definition) is 3. The van der Waals surface area contributed by atoms with Crippen LogP contribution in [0, 0.1) is 12.7 Å². The van der Waals surface area contributed by atoms with E-state index in [4.69, 9.17) is 0 Å². The van der Waals surface area contributed by atoms with Gasteiger partial charge >= 0.3 is 6.18 Å². The molecular formula is C14H18F4N2O. The van der Waals surface area contributed by atoms with E-state index in [9.17, 15) is 22.7 Å². The predicted octanol–water partition coefficient (Wildman–Crippen LogP) is 2.74. The minimum atomic E-state index is -4.39. The van der Waals surface area contributed by atoms with Gasteiger partial charge in [0.05, 0.1) is 6.42 Å². The van der Waals surface area contributed by atoms with Gasteiger partial charge in [-0.1, -0.05) is 0 Å². The lowest BCUT2D eigenvalue weighted by atomic mass is 9.97. The maximum Gasteiger partial charge on any atom is 0.390 e. The van der Waals surface area contributed by atoms with Crippen molar-refractivity contribution in [3.63, 3.8) is 0 Å². The van der Waals surface area contributed by atoms with E-state index in [2.05, 4.69) is 5.32 Å². The Morgan fingerprint density at radius 1 is 1.29 bits per heavy atom. The molecule has 0 aromatic heterocycles. The number of rotatable bonds is 3. The van der Waals surface area contributed by atoms with E-state index >= 15 is 0 Å². The number of nitrogens with zero attached hydrogens (tertiary/aromatic N) is 1. The number of benzene rings is 1. The maximum atomic E-state index is 13.5. The van der Waals surface area contributed by atoms with Crippen LogP contribution in [0.15, 0.2) is 12.1 Å². The molecule has 1 heterocycles. The van der Waals surface area contributed by atoms with Crippen LogP contribution in [0.2, 0.25) is 0 Å². The van der Waals surface area contributed by atoms with Crippen molar-refractivity contribution in [3.05, 3.63) is 29.1 Å². The second-order valence-electron chi connectivity index (χ2n) is 5.28. The predicted molar refractivity (Wildman–Crippen MR) is 70.7 cm³/mol. The highest BCUT2D eigenvalue weighted by atomic mass is 19.4. The molecule has 0 bridgehead atoms. The van der Waals surface area contributed by atoms with Crippen LogP contribution in [0.4, 0.5) is 17.6 Å². The molecule has 118 valence electrons.